The molecule has 0 atom stereocenters. The van der Waals surface area contributed by atoms with E-state index in [9.17, 15) is 14.4 Å². The number of methoxy groups -OCH3 is 1. The molecule has 0 heterocycles. The first-order valence-corrected chi connectivity index (χ1v) is 5.05. The molecule has 0 aromatic rings. The average molecular weight is 224 g/mol. The lowest BCUT2D eigenvalue weighted by atomic mass is 9.63. The van der Waals surface area contributed by atoms with Crippen molar-refractivity contribution in [2.45, 2.75) is 27.7 Å². The molecule has 88 valence electrons. The number of esters is 1. The molecule has 0 N–H and O–H groups in total. The molecule has 0 unspecified atom stereocenters. The van der Waals surface area contributed by atoms with Gasteiger partial charge in [-0.2, -0.15) is 0 Å². The Hall–Kier alpha value is -1.45. The van der Waals surface area contributed by atoms with Crippen LogP contribution in [0.3, 0.4) is 0 Å². The molecule has 0 radical (unpaired) electrons. The second kappa shape index (κ2) is 3.54. The summed E-state index contributed by atoms with van der Waals surface area (Å²) < 4.78 is 4.58. The van der Waals surface area contributed by atoms with Crippen LogP contribution >= 0.6 is 0 Å². The second-order valence-electron chi connectivity index (χ2n) is 4.99. The van der Waals surface area contributed by atoms with E-state index in [0.717, 1.165) is 0 Å². The van der Waals surface area contributed by atoms with Gasteiger partial charge in [0.2, 0.25) is 0 Å². The van der Waals surface area contributed by atoms with Gasteiger partial charge in [-0.1, -0.05) is 0 Å². The number of Topliss-reactive ketones (excluding diaryl/α,β-unsaturated/α-hetero) is 1. The summed E-state index contributed by atoms with van der Waals surface area (Å²) in [5.74, 6) is -1.23. The van der Waals surface area contributed by atoms with Crippen LogP contribution in [-0.2, 0) is 19.1 Å². The molecule has 0 aromatic carbocycles. The minimum absolute atomic E-state index is 0.129. The summed E-state index contributed by atoms with van der Waals surface area (Å²) in [4.78, 5) is 35.4. The number of ether oxygens (including phenoxy) is 1. The smallest absolute Gasteiger partial charge is 0.334 e. The van der Waals surface area contributed by atoms with Crippen molar-refractivity contribution in [1.29, 1.82) is 0 Å². The van der Waals surface area contributed by atoms with Crippen molar-refractivity contribution in [2.75, 3.05) is 7.11 Å². The molecule has 0 amide bonds. The number of carbonyl (C=O) groups is 3. The van der Waals surface area contributed by atoms with Crippen LogP contribution in [0.2, 0.25) is 0 Å². The molecule has 0 aliphatic heterocycles. The highest BCUT2D eigenvalue weighted by atomic mass is 16.5. The topological polar surface area (TPSA) is 60.4 Å². The van der Waals surface area contributed by atoms with Crippen molar-refractivity contribution in [2.24, 2.45) is 10.8 Å². The number of carbonyl (C=O) groups excluding carboxylic acids is 3. The number of hydrogen-bond acceptors (Lipinski definition) is 4. The Labute approximate surface area is 94.7 Å². The van der Waals surface area contributed by atoms with Gasteiger partial charge in [-0.3, -0.25) is 9.59 Å². The monoisotopic (exact) mass is 224 g/mol. The highest BCUT2D eigenvalue weighted by Gasteiger charge is 2.51. The average Bonchev–Trinajstić information content (AvgIpc) is 2.21. The van der Waals surface area contributed by atoms with Crippen LogP contribution in [-0.4, -0.2) is 24.6 Å². The fraction of sp³-hybridized carbons (Fsp3) is 0.583. The van der Waals surface area contributed by atoms with Crippen LogP contribution in [0.1, 0.15) is 27.7 Å². The van der Waals surface area contributed by atoms with Crippen molar-refractivity contribution < 1.29 is 19.1 Å². The highest BCUT2D eigenvalue weighted by molar-refractivity contribution is 6.21. The Kier molecular flexibility index (Phi) is 2.79. The minimum Gasteiger partial charge on any atom is -0.466 e. The molecular formula is C12H16O4. The van der Waals surface area contributed by atoms with Gasteiger partial charge >= 0.3 is 5.97 Å². The molecule has 0 bridgehead atoms. The van der Waals surface area contributed by atoms with Crippen molar-refractivity contribution >= 4 is 17.5 Å². The minimum atomic E-state index is -1.07. The maximum Gasteiger partial charge on any atom is 0.334 e. The molecule has 0 fully saturated rings. The molecule has 0 saturated heterocycles. The number of allylic oxidation sites excluding steroid dienone is 1. The number of ketones is 2. The molecule has 4 heteroatoms. The summed E-state index contributed by atoms with van der Waals surface area (Å²) in [6, 6.07) is 0. The van der Waals surface area contributed by atoms with E-state index in [1.807, 2.05) is 0 Å². The lowest BCUT2D eigenvalue weighted by Gasteiger charge is -2.36. The SMILES string of the molecule is COC(=O)C1=CC(=O)C(C)(C)C(=O)C1(C)C. The van der Waals surface area contributed by atoms with Crippen molar-refractivity contribution in [3.63, 3.8) is 0 Å². The van der Waals surface area contributed by atoms with Crippen LogP contribution < -0.4 is 0 Å². The molecular weight excluding hydrogens is 208 g/mol. The maximum atomic E-state index is 12.1. The van der Waals surface area contributed by atoms with Crippen molar-refractivity contribution in [3.05, 3.63) is 11.6 Å². The molecule has 0 saturated carbocycles. The van der Waals surface area contributed by atoms with Gasteiger partial charge in [-0.05, 0) is 33.8 Å². The van der Waals surface area contributed by atoms with Crippen LogP contribution in [0.15, 0.2) is 11.6 Å². The Morgan fingerprint density at radius 1 is 1.12 bits per heavy atom. The summed E-state index contributed by atoms with van der Waals surface area (Å²) in [5, 5.41) is 0. The third-order valence-electron chi connectivity index (χ3n) is 3.11. The zero-order chi connectivity index (χ0) is 12.7. The van der Waals surface area contributed by atoms with E-state index < -0.39 is 16.8 Å². The van der Waals surface area contributed by atoms with Gasteiger partial charge < -0.3 is 4.74 Å². The molecule has 1 aliphatic rings. The van der Waals surface area contributed by atoms with E-state index in [2.05, 4.69) is 4.74 Å². The van der Waals surface area contributed by atoms with Crippen molar-refractivity contribution in [1.82, 2.24) is 0 Å². The first-order chi connectivity index (χ1) is 7.15. The maximum absolute atomic E-state index is 12.1. The van der Waals surface area contributed by atoms with Crippen LogP contribution in [0.5, 0.6) is 0 Å². The summed E-state index contributed by atoms with van der Waals surface area (Å²) >= 11 is 0. The molecule has 0 aromatic heterocycles. The lowest BCUT2D eigenvalue weighted by molar-refractivity contribution is -0.147. The first kappa shape index (κ1) is 12.6. The van der Waals surface area contributed by atoms with E-state index in [1.165, 1.54) is 13.2 Å². The zero-order valence-electron chi connectivity index (χ0n) is 10.2. The number of rotatable bonds is 1. The quantitative estimate of drug-likeness (QED) is 0.497. The van der Waals surface area contributed by atoms with E-state index in [0.29, 0.717) is 0 Å². The molecule has 1 aliphatic carbocycles. The van der Waals surface area contributed by atoms with Gasteiger partial charge in [0.1, 0.15) is 0 Å². The van der Waals surface area contributed by atoms with Gasteiger partial charge in [-0.25, -0.2) is 4.79 Å². The molecule has 0 spiro atoms. The Bertz CT molecular complexity index is 399. The summed E-state index contributed by atoms with van der Waals surface area (Å²) in [5.41, 5.74) is -1.92. The largest absolute Gasteiger partial charge is 0.466 e. The second-order valence-corrected chi connectivity index (χ2v) is 4.99. The Balaban J connectivity index is 3.37. The first-order valence-electron chi connectivity index (χ1n) is 5.05. The zero-order valence-corrected chi connectivity index (χ0v) is 10.2. The predicted octanol–water partition coefficient (Wildman–Crippen LogP) is 1.29. The van der Waals surface area contributed by atoms with Gasteiger partial charge in [0.25, 0.3) is 0 Å². The lowest BCUT2D eigenvalue weighted by Crippen LogP contribution is -2.48. The molecule has 1 rings (SSSR count). The van der Waals surface area contributed by atoms with Crippen LogP contribution in [0.25, 0.3) is 0 Å². The predicted molar refractivity (Wildman–Crippen MR) is 57.7 cm³/mol. The highest BCUT2D eigenvalue weighted by Crippen LogP contribution is 2.41. The van der Waals surface area contributed by atoms with Gasteiger partial charge in [0, 0.05) is 0 Å². The summed E-state index contributed by atoms with van der Waals surface area (Å²) in [6.07, 6.45) is 1.23. The summed E-state index contributed by atoms with van der Waals surface area (Å²) in [7, 11) is 1.23. The van der Waals surface area contributed by atoms with Crippen molar-refractivity contribution in [3.8, 4) is 0 Å². The third-order valence-corrected chi connectivity index (χ3v) is 3.11. The fourth-order valence-corrected chi connectivity index (χ4v) is 1.93. The van der Waals surface area contributed by atoms with E-state index in [4.69, 9.17) is 0 Å². The van der Waals surface area contributed by atoms with Crippen LogP contribution in [0, 0.1) is 10.8 Å². The molecule has 4 nitrogen and oxygen atoms in total. The Morgan fingerprint density at radius 3 is 2.06 bits per heavy atom. The van der Waals surface area contributed by atoms with E-state index in [1.54, 1.807) is 27.7 Å². The van der Waals surface area contributed by atoms with E-state index >= 15 is 0 Å². The molecule has 16 heavy (non-hydrogen) atoms. The Morgan fingerprint density at radius 2 is 1.62 bits per heavy atom. The normalized spacial score (nSPS) is 22.7. The van der Waals surface area contributed by atoms with Crippen LogP contribution in [0.4, 0.5) is 0 Å². The van der Waals surface area contributed by atoms with Gasteiger partial charge in [0.05, 0.1) is 23.5 Å². The van der Waals surface area contributed by atoms with E-state index in [-0.39, 0.29) is 17.1 Å². The summed E-state index contributed by atoms with van der Waals surface area (Å²) in [6.45, 7) is 6.41. The standard InChI is InChI=1S/C12H16O4/c1-11(2)7(9(14)16-5)6-8(13)12(3,4)10(11)15/h6H,1-5H3. The van der Waals surface area contributed by atoms with Gasteiger partial charge in [0.15, 0.2) is 11.6 Å². The fourth-order valence-electron chi connectivity index (χ4n) is 1.93. The third kappa shape index (κ3) is 1.58. The van der Waals surface area contributed by atoms with Gasteiger partial charge in [-0.15, -0.1) is 0 Å². The number of hydrogen-bond donors (Lipinski definition) is 0.